The van der Waals surface area contributed by atoms with Crippen LogP contribution in [0.1, 0.15) is 10.4 Å². The molecule has 0 unspecified atom stereocenters. The summed E-state index contributed by atoms with van der Waals surface area (Å²) in [5, 5.41) is 7.39. The fraction of sp³-hybridized carbons (Fsp3) is 0.136. The van der Waals surface area contributed by atoms with E-state index in [-0.39, 0.29) is 28.6 Å². The van der Waals surface area contributed by atoms with Gasteiger partial charge >= 0.3 is 12.0 Å². The van der Waals surface area contributed by atoms with Gasteiger partial charge in [0, 0.05) is 19.4 Å². The predicted molar refractivity (Wildman–Crippen MR) is 123 cm³/mol. The molecule has 0 saturated carbocycles. The molecular formula is C22H20FN5O5S. The van der Waals surface area contributed by atoms with Gasteiger partial charge in [-0.3, -0.25) is 14.9 Å². The molecule has 0 aliphatic heterocycles. The number of esters is 1. The minimum absolute atomic E-state index is 0.0291. The number of halogens is 1. The van der Waals surface area contributed by atoms with Crippen LogP contribution in [0.2, 0.25) is 0 Å². The number of imide groups is 1. The minimum atomic E-state index is -0.982. The fourth-order valence-electron chi connectivity index (χ4n) is 2.67. The van der Waals surface area contributed by atoms with E-state index >= 15 is 0 Å². The van der Waals surface area contributed by atoms with Gasteiger partial charge < -0.3 is 19.9 Å². The molecule has 3 N–H and O–H groups in total. The molecule has 0 saturated heterocycles. The number of aromatic nitrogens is 2. The average Bonchev–Trinajstić information content (AvgIpc) is 3.22. The van der Waals surface area contributed by atoms with E-state index < -0.39 is 30.3 Å². The molecule has 2 aromatic carbocycles. The number of thioether (sulfide) groups is 1. The molecule has 1 aromatic heterocycles. The van der Waals surface area contributed by atoms with Crippen molar-refractivity contribution in [3.63, 3.8) is 0 Å². The monoisotopic (exact) mass is 485 g/mol. The highest BCUT2D eigenvalue weighted by Gasteiger charge is 2.17. The van der Waals surface area contributed by atoms with Crippen molar-refractivity contribution in [1.82, 2.24) is 14.9 Å². The Bertz CT molecular complexity index is 1220. The smallest absolute Gasteiger partial charge is 0.340 e. The second-order valence-electron chi connectivity index (χ2n) is 6.76. The van der Waals surface area contributed by atoms with Gasteiger partial charge in [0.1, 0.15) is 5.82 Å². The normalized spacial score (nSPS) is 10.3. The Morgan fingerprint density at radius 2 is 1.71 bits per heavy atom. The SMILES string of the molecule is Cn1ccnc1SCC(=O)Nc1ccccc1C(=O)OCC(=O)NC(=O)Nc1ccccc1F. The molecule has 176 valence electrons. The zero-order valence-corrected chi connectivity index (χ0v) is 18.7. The van der Waals surface area contributed by atoms with E-state index in [0.717, 1.165) is 6.07 Å². The molecule has 0 spiro atoms. The number of para-hydroxylation sites is 2. The van der Waals surface area contributed by atoms with E-state index in [1.165, 1.54) is 42.1 Å². The molecule has 0 aliphatic rings. The van der Waals surface area contributed by atoms with E-state index in [1.807, 2.05) is 5.32 Å². The van der Waals surface area contributed by atoms with Crippen LogP contribution < -0.4 is 16.0 Å². The van der Waals surface area contributed by atoms with Crippen LogP contribution in [-0.2, 0) is 21.4 Å². The molecule has 0 aliphatic carbocycles. The molecule has 0 fully saturated rings. The highest BCUT2D eigenvalue weighted by atomic mass is 32.2. The van der Waals surface area contributed by atoms with Gasteiger partial charge in [-0.15, -0.1) is 0 Å². The Labute approximate surface area is 197 Å². The van der Waals surface area contributed by atoms with Crippen molar-refractivity contribution >= 4 is 47.0 Å². The summed E-state index contributed by atoms with van der Waals surface area (Å²) in [4.78, 5) is 52.6. The summed E-state index contributed by atoms with van der Waals surface area (Å²) in [6.45, 7) is -0.763. The summed E-state index contributed by atoms with van der Waals surface area (Å²) in [5.41, 5.74) is 0.118. The van der Waals surface area contributed by atoms with Crippen molar-refractivity contribution in [1.29, 1.82) is 0 Å². The van der Waals surface area contributed by atoms with Gasteiger partial charge in [0.15, 0.2) is 11.8 Å². The summed E-state index contributed by atoms with van der Waals surface area (Å²) >= 11 is 1.23. The second-order valence-corrected chi connectivity index (χ2v) is 7.70. The topological polar surface area (TPSA) is 131 Å². The van der Waals surface area contributed by atoms with Crippen LogP contribution >= 0.6 is 11.8 Å². The molecule has 10 nitrogen and oxygen atoms in total. The predicted octanol–water partition coefficient (Wildman–Crippen LogP) is 2.80. The van der Waals surface area contributed by atoms with Crippen molar-refractivity contribution in [3.05, 3.63) is 72.3 Å². The molecule has 0 bridgehead atoms. The Kier molecular flexibility index (Phi) is 8.35. The molecule has 0 radical (unpaired) electrons. The number of urea groups is 1. The maximum absolute atomic E-state index is 13.6. The van der Waals surface area contributed by atoms with Gasteiger partial charge in [-0.25, -0.2) is 19.0 Å². The standard InChI is InChI=1S/C22H20FN5O5S/c1-28-11-10-24-22(28)34-13-19(30)25-16-8-4-2-6-14(16)20(31)33-12-18(29)27-21(32)26-17-9-5-3-7-15(17)23/h2-11H,12-13H2,1H3,(H,25,30)(H2,26,27,29,32). The first-order valence-electron chi connectivity index (χ1n) is 9.85. The second kappa shape index (κ2) is 11.6. The van der Waals surface area contributed by atoms with Gasteiger partial charge in [-0.05, 0) is 24.3 Å². The lowest BCUT2D eigenvalue weighted by molar-refractivity contribution is -0.123. The quantitative estimate of drug-likeness (QED) is 0.330. The number of carbonyl (C=O) groups excluding carboxylic acids is 4. The number of benzene rings is 2. The number of anilines is 2. The van der Waals surface area contributed by atoms with E-state index in [2.05, 4.69) is 15.6 Å². The van der Waals surface area contributed by atoms with Crippen LogP contribution in [0.3, 0.4) is 0 Å². The number of amides is 4. The Morgan fingerprint density at radius 3 is 2.41 bits per heavy atom. The number of imidazole rings is 1. The van der Waals surface area contributed by atoms with Gasteiger partial charge in [0.25, 0.3) is 5.91 Å². The summed E-state index contributed by atoms with van der Waals surface area (Å²) < 4.78 is 20.3. The van der Waals surface area contributed by atoms with Gasteiger partial charge in [0.2, 0.25) is 5.91 Å². The van der Waals surface area contributed by atoms with Crippen LogP contribution in [0, 0.1) is 5.82 Å². The Morgan fingerprint density at radius 1 is 1.00 bits per heavy atom. The third-order valence-electron chi connectivity index (χ3n) is 4.24. The maximum Gasteiger partial charge on any atom is 0.340 e. The summed E-state index contributed by atoms with van der Waals surface area (Å²) in [6.07, 6.45) is 3.37. The first-order chi connectivity index (χ1) is 16.3. The van der Waals surface area contributed by atoms with E-state index in [1.54, 1.807) is 36.1 Å². The Hall–Kier alpha value is -4.19. The third kappa shape index (κ3) is 6.90. The van der Waals surface area contributed by atoms with E-state index in [0.29, 0.717) is 5.16 Å². The molecular weight excluding hydrogens is 465 g/mol. The lowest BCUT2D eigenvalue weighted by Gasteiger charge is -2.11. The summed E-state index contributed by atoms with van der Waals surface area (Å²) in [7, 11) is 1.80. The Balaban J connectivity index is 1.50. The number of nitrogens with zero attached hydrogens (tertiary/aromatic N) is 2. The highest BCUT2D eigenvalue weighted by molar-refractivity contribution is 7.99. The van der Waals surface area contributed by atoms with E-state index in [4.69, 9.17) is 4.74 Å². The highest BCUT2D eigenvalue weighted by Crippen LogP contribution is 2.19. The number of hydrogen-bond donors (Lipinski definition) is 3. The number of carbonyl (C=O) groups is 4. The van der Waals surface area contributed by atoms with Crippen molar-refractivity contribution in [2.75, 3.05) is 23.0 Å². The number of ether oxygens (including phenoxy) is 1. The number of hydrogen-bond acceptors (Lipinski definition) is 7. The molecule has 0 atom stereocenters. The van der Waals surface area contributed by atoms with Crippen molar-refractivity contribution in [2.45, 2.75) is 5.16 Å². The zero-order chi connectivity index (χ0) is 24.5. The first-order valence-corrected chi connectivity index (χ1v) is 10.8. The molecule has 3 aromatic rings. The van der Waals surface area contributed by atoms with Gasteiger partial charge in [-0.2, -0.15) is 0 Å². The number of rotatable bonds is 8. The zero-order valence-electron chi connectivity index (χ0n) is 17.9. The lowest BCUT2D eigenvalue weighted by atomic mass is 10.2. The van der Waals surface area contributed by atoms with Crippen molar-refractivity contribution < 1.29 is 28.3 Å². The van der Waals surface area contributed by atoms with E-state index in [9.17, 15) is 23.6 Å². The first kappa shape index (κ1) is 24.5. The number of aryl methyl sites for hydroxylation is 1. The van der Waals surface area contributed by atoms with Gasteiger partial charge in [-0.1, -0.05) is 36.0 Å². The minimum Gasteiger partial charge on any atom is -0.452 e. The molecule has 1 heterocycles. The lowest BCUT2D eigenvalue weighted by Crippen LogP contribution is -2.37. The third-order valence-corrected chi connectivity index (χ3v) is 5.30. The van der Waals surface area contributed by atoms with Crippen LogP contribution in [0.4, 0.5) is 20.6 Å². The molecule has 34 heavy (non-hydrogen) atoms. The van der Waals surface area contributed by atoms with Crippen LogP contribution in [0.25, 0.3) is 0 Å². The summed E-state index contributed by atoms with van der Waals surface area (Å²) in [5.74, 6) is -2.77. The van der Waals surface area contributed by atoms with Crippen molar-refractivity contribution in [3.8, 4) is 0 Å². The molecule has 3 rings (SSSR count). The average molecular weight is 485 g/mol. The van der Waals surface area contributed by atoms with Gasteiger partial charge in [0.05, 0.1) is 22.7 Å². The fourth-order valence-corrected chi connectivity index (χ4v) is 3.40. The van der Waals surface area contributed by atoms with Crippen LogP contribution in [-0.4, -0.2) is 45.7 Å². The largest absolute Gasteiger partial charge is 0.452 e. The maximum atomic E-state index is 13.6. The molecule has 12 heteroatoms. The molecule has 4 amide bonds. The summed E-state index contributed by atoms with van der Waals surface area (Å²) in [6, 6.07) is 10.6. The van der Waals surface area contributed by atoms with Crippen molar-refractivity contribution in [2.24, 2.45) is 7.05 Å². The van der Waals surface area contributed by atoms with Crippen LogP contribution in [0.5, 0.6) is 0 Å². The van der Waals surface area contributed by atoms with Crippen LogP contribution in [0.15, 0.2) is 66.1 Å². The number of nitrogens with one attached hydrogen (secondary N) is 3.